The molecule has 0 aromatic carbocycles. The molecule has 1 fully saturated rings. The second kappa shape index (κ2) is 64.8. The zero-order chi connectivity index (χ0) is 62.8. The van der Waals surface area contributed by atoms with Crippen LogP contribution in [0.1, 0.15) is 271 Å². The van der Waals surface area contributed by atoms with Crippen molar-refractivity contribution in [2.45, 2.75) is 314 Å². The Morgan fingerprint density at radius 3 is 1.10 bits per heavy atom. The Kier molecular flexibility index (Phi) is 60.2. The van der Waals surface area contributed by atoms with E-state index in [2.05, 4.69) is 165 Å². The van der Waals surface area contributed by atoms with Crippen LogP contribution in [0.15, 0.2) is 158 Å². The number of carbonyl (C=O) groups excluding carboxylic acids is 1. The lowest BCUT2D eigenvalue weighted by Gasteiger charge is -2.40. The van der Waals surface area contributed by atoms with Crippen molar-refractivity contribution in [1.29, 1.82) is 0 Å². The molecule has 0 bridgehead atoms. The van der Waals surface area contributed by atoms with E-state index < -0.39 is 49.5 Å². The molecule has 0 spiro atoms. The molecule has 494 valence electrons. The number of aliphatic hydroxyl groups excluding tert-OH is 5. The molecular weight excluding hydrogens is 1080 g/mol. The fourth-order valence-corrected chi connectivity index (χ4v) is 10.1. The molecule has 1 saturated heterocycles. The van der Waals surface area contributed by atoms with Gasteiger partial charge in [-0.05, 0) is 122 Å². The Morgan fingerprint density at radius 2 is 0.724 bits per heavy atom. The topological polar surface area (TPSA) is 149 Å². The van der Waals surface area contributed by atoms with Crippen molar-refractivity contribution in [3.05, 3.63) is 158 Å². The molecule has 1 aliphatic heterocycles. The van der Waals surface area contributed by atoms with Crippen LogP contribution < -0.4 is 5.32 Å². The normalized spacial score (nSPS) is 19.0. The van der Waals surface area contributed by atoms with Crippen LogP contribution in [-0.2, 0) is 14.3 Å². The molecule has 9 nitrogen and oxygen atoms in total. The lowest BCUT2D eigenvalue weighted by molar-refractivity contribution is -0.302. The van der Waals surface area contributed by atoms with Crippen molar-refractivity contribution in [3.8, 4) is 0 Å². The highest BCUT2D eigenvalue weighted by molar-refractivity contribution is 5.76. The van der Waals surface area contributed by atoms with Gasteiger partial charge in [0.1, 0.15) is 24.4 Å². The molecule has 9 heteroatoms. The standard InChI is InChI=1S/C78H129NO8/c1-3-5-7-9-11-13-15-17-19-21-23-25-27-28-29-30-31-32-33-34-35-36-37-38-39-40-41-42-43-44-46-48-50-52-54-56-58-60-62-64-66-68-74(82)79-71(70-86-78-77(85)76(84)75(83)73(69-80)87-78)72(81)67-65-63-61-59-57-55-53-51-49-47-45-26-24-22-20-18-16-14-12-10-8-6-4-2/h5,7,11,13,17,19,23,25,28-29,31-32,34-35,37-38,40-41,43-44,49,51,57,59,65,67,71-73,75-78,80-81,83-85H,3-4,6,8-10,12,14-16,18,20-22,24,26-27,30,33,36,39,42,45-48,50,52-56,58,60-64,66,68-70H2,1-2H3,(H,79,82)/b7-5-,13-11-,19-17-,25-23-,29-28-,32-31-,35-34-,38-37-,41-40-,44-43-,51-49+,59-57+,67-65+. The summed E-state index contributed by atoms with van der Waals surface area (Å²) in [5.74, 6) is -0.200. The lowest BCUT2D eigenvalue weighted by atomic mass is 9.99. The highest BCUT2D eigenvalue weighted by Crippen LogP contribution is 2.23. The molecule has 0 saturated carbocycles. The molecule has 1 rings (SSSR count). The van der Waals surface area contributed by atoms with Gasteiger partial charge < -0.3 is 40.3 Å². The van der Waals surface area contributed by atoms with E-state index in [4.69, 9.17) is 9.47 Å². The molecule has 7 unspecified atom stereocenters. The van der Waals surface area contributed by atoms with Crippen molar-refractivity contribution in [3.63, 3.8) is 0 Å². The van der Waals surface area contributed by atoms with Gasteiger partial charge in [-0.1, -0.05) is 300 Å². The summed E-state index contributed by atoms with van der Waals surface area (Å²) >= 11 is 0. The zero-order valence-corrected chi connectivity index (χ0v) is 55.2. The predicted octanol–water partition coefficient (Wildman–Crippen LogP) is 19.5. The summed E-state index contributed by atoms with van der Waals surface area (Å²) in [7, 11) is 0. The predicted molar refractivity (Wildman–Crippen MR) is 373 cm³/mol. The highest BCUT2D eigenvalue weighted by Gasteiger charge is 2.44. The number of ether oxygens (including phenoxy) is 2. The molecule has 0 radical (unpaired) electrons. The van der Waals surface area contributed by atoms with E-state index in [-0.39, 0.29) is 12.5 Å². The van der Waals surface area contributed by atoms with Gasteiger partial charge in [0.25, 0.3) is 0 Å². The maximum absolute atomic E-state index is 13.1. The van der Waals surface area contributed by atoms with Crippen LogP contribution in [0.3, 0.4) is 0 Å². The fourth-order valence-electron chi connectivity index (χ4n) is 10.1. The van der Waals surface area contributed by atoms with E-state index in [1.54, 1.807) is 6.08 Å². The number of rotatable bonds is 59. The van der Waals surface area contributed by atoms with Crippen LogP contribution in [0.2, 0.25) is 0 Å². The van der Waals surface area contributed by atoms with Crippen LogP contribution in [0.25, 0.3) is 0 Å². The van der Waals surface area contributed by atoms with Crippen molar-refractivity contribution in [2.24, 2.45) is 0 Å². The second-order valence-electron chi connectivity index (χ2n) is 23.6. The van der Waals surface area contributed by atoms with Crippen LogP contribution in [0.4, 0.5) is 0 Å². The largest absolute Gasteiger partial charge is 0.394 e. The smallest absolute Gasteiger partial charge is 0.220 e. The Bertz CT molecular complexity index is 1930. The SMILES string of the molecule is CC/C=C\C/C=C\C/C=C\C/C=C\C/C=C\C/C=C\C/C=C\C/C=C\C/C=C\C/C=C\CCCCCCCCCCCCC(=O)NC(COC1OC(CO)C(O)C(O)C1O)C(O)/C=C/CC/C=C/CC/C=C/CCCCCCCCCCCCCCC. The minimum Gasteiger partial charge on any atom is -0.394 e. The first kappa shape index (κ1) is 80.8. The Hall–Kier alpha value is -4.19. The molecule has 0 aromatic rings. The van der Waals surface area contributed by atoms with Crippen LogP contribution in [-0.4, -0.2) is 87.5 Å². The Balaban J connectivity index is 2.17. The van der Waals surface area contributed by atoms with Gasteiger partial charge in [0.05, 0.1) is 25.4 Å². The second-order valence-corrected chi connectivity index (χ2v) is 23.6. The molecule has 1 amide bonds. The van der Waals surface area contributed by atoms with E-state index >= 15 is 0 Å². The summed E-state index contributed by atoms with van der Waals surface area (Å²) < 4.78 is 11.3. The molecule has 0 aliphatic carbocycles. The van der Waals surface area contributed by atoms with Gasteiger partial charge in [0.15, 0.2) is 6.29 Å². The number of carbonyl (C=O) groups is 1. The summed E-state index contributed by atoms with van der Waals surface area (Å²) in [6.45, 7) is 3.65. The van der Waals surface area contributed by atoms with Gasteiger partial charge in [-0.2, -0.15) is 0 Å². The third kappa shape index (κ3) is 53.4. The Morgan fingerprint density at radius 1 is 0.402 bits per heavy atom. The summed E-state index contributed by atoms with van der Waals surface area (Å²) in [6, 6.07) is -0.843. The molecule has 1 aliphatic rings. The summed E-state index contributed by atoms with van der Waals surface area (Å²) in [5, 5.41) is 54.7. The van der Waals surface area contributed by atoms with E-state index in [1.165, 1.54) is 122 Å². The number of allylic oxidation sites excluding steroid dienone is 25. The van der Waals surface area contributed by atoms with Crippen molar-refractivity contribution < 1.29 is 39.8 Å². The van der Waals surface area contributed by atoms with E-state index in [9.17, 15) is 30.3 Å². The highest BCUT2D eigenvalue weighted by atomic mass is 16.7. The molecule has 0 aromatic heterocycles. The third-order valence-corrected chi connectivity index (χ3v) is 15.6. The average Bonchev–Trinajstić information content (AvgIpc) is 3.47. The number of nitrogens with one attached hydrogen (secondary N) is 1. The van der Waals surface area contributed by atoms with Gasteiger partial charge in [-0.3, -0.25) is 4.79 Å². The van der Waals surface area contributed by atoms with Gasteiger partial charge in [0, 0.05) is 6.42 Å². The van der Waals surface area contributed by atoms with Crippen molar-refractivity contribution in [2.75, 3.05) is 13.2 Å². The van der Waals surface area contributed by atoms with Crippen LogP contribution >= 0.6 is 0 Å². The van der Waals surface area contributed by atoms with Gasteiger partial charge in [-0.25, -0.2) is 0 Å². The van der Waals surface area contributed by atoms with Gasteiger partial charge in [0.2, 0.25) is 5.91 Å². The number of hydrogen-bond donors (Lipinski definition) is 6. The quantitative estimate of drug-likeness (QED) is 0.0261. The molecule has 1 heterocycles. The lowest BCUT2D eigenvalue weighted by Crippen LogP contribution is -2.60. The van der Waals surface area contributed by atoms with Crippen LogP contribution in [0.5, 0.6) is 0 Å². The van der Waals surface area contributed by atoms with Crippen LogP contribution in [0, 0.1) is 0 Å². The molecule has 6 N–H and O–H groups in total. The maximum Gasteiger partial charge on any atom is 0.220 e. The van der Waals surface area contributed by atoms with E-state index in [0.29, 0.717) is 6.42 Å². The fraction of sp³-hybridized carbons (Fsp3) is 0.654. The first-order valence-corrected chi connectivity index (χ1v) is 35.2. The van der Waals surface area contributed by atoms with Gasteiger partial charge in [-0.15, -0.1) is 0 Å². The summed E-state index contributed by atoms with van der Waals surface area (Å²) in [5.41, 5.74) is 0. The van der Waals surface area contributed by atoms with E-state index in [1.807, 2.05) is 6.08 Å². The van der Waals surface area contributed by atoms with E-state index in [0.717, 1.165) is 128 Å². The monoisotopic (exact) mass is 1210 g/mol. The number of aliphatic hydroxyl groups is 5. The molecular formula is C78H129NO8. The molecule has 7 atom stereocenters. The summed E-state index contributed by atoms with van der Waals surface area (Å²) in [6.07, 6.45) is 94.8. The van der Waals surface area contributed by atoms with Crippen molar-refractivity contribution >= 4 is 5.91 Å². The molecule has 87 heavy (non-hydrogen) atoms. The number of amides is 1. The average molecular weight is 1210 g/mol. The van der Waals surface area contributed by atoms with Gasteiger partial charge >= 0.3 is 0 Å². The maximum atomic E-state index is 13.1. The first-order chi connectivity index (χ1) is 42.8. The minimum atomic E-state index is -1.59. The summed E-state index contributed by atoms with van der Waals surface area (Å²) in [4.78, 5) is 13.1. The minimum absolute atomic E-state index is 0.200. The first-order valence-electron chi connectivity index (χ1n) is 35.2. The van der Waals surface area contributed by atoms with Crippen molar-refractivity contribution in [1.82, 2.24) is 5.32 Å². The number of hydrogen-bond acceptors (Lipinski definition) is 8. The number of unbranched alkanes of at least 4 members (excludes halogenated alkanes) is 25. The zero-order valence-electron chi connectivity index (χ0n) is 55.2. The Labute approximate surface area is 533 Å². The third-order valence-electron chi connectivity index (χ3n) is 15.6.